The maximum Gasteiger partial charge on any atom is 0.306 e. The lowest BCUT2D eigenvalue weighted by molar-refractivity contribution is -0.152. The van der Waals surface area contributed by atoms with Gasteiger partial charge in [0, 0.05) is 12.8 Å². The number of carbonyl (C=O) groups excluding carboxylic acids is 2. The minimum atomic E-state index is -0.996. The number of allylic oxidation sites excluding steroid dienone is 8. The van der Waals surface area contributed by atoms with E-state index in [1.54, 1.807) is 0 Å². The predicted octanol–water partition coefficient (Wildman–Crippen LogP) is 9.43. The summed E-state index contributed by atoms with van der Waals surface area (Å²) >= 11 is 0. The van der Waals surface area contributed by atoms with Gasteiger partial charge in [-0.05, 0) is 51.4 Å². The molecule has 0 spiro atoms. The normalized spacial score (nSPS) is 17.5. The molecule has 1 rings (SSSR count). The van der Waals surface area contributed by atoms with Gasteiger partial charge in [-0.3, -0.25) is 9.59 Å². The lowest BCUT2D eigenvalue weighted by atomic mass is 10.1. The summed E-state index contributed by atoms with van der Waals surface area (Å²) in [6.45, 7) is 4.08. The molecular formula is C38H62O6. The van der Waals surface area contributed by atoms with Gasteiger partial charge in [0.1, 0.15) is 19.3 Å². The minimum absolute atomic E-state index is 0.143. The monoisotopic (exact) mass is 614 g/mol. The fourth-order valence-corrected chi connectivity index (χ4v) is 4.68. The van der Waals surface area contributed by atoms with E-state index in [4.69, 9.17) is 14.2 Å². The van der Waals surface area contributed by atoms with Crippen LogP contribution in [-0.2, 0) is 23.8 Å². The van der Waals surface area contributed by atoms with Crippen molar-refractivity contribution in [3.05, 3.63) is 60.8 Å². The number of carbonyl (C=O) groups is 2. The molecule has 0 aromatic rings. The zero-order valence-electron chi connectivity index (χ0n) is 27.8. The number of aliphatic hydroxyl groups excluding tert-OH is 1. The van der Waals surface area contributed by atoms with Crippen LogP contribution in [0.5, 0.6) is 0 Å². The molecule has 6 heteroatoms. The fraction of sp³-hybridized carbons (Fsp3) is 0.684. The third-order valence-electron chi connectivity index (χ3n) is 7.43. The number of hydrogen-bond acceptors (Lipinski definition) is 6. The fourth-order valence-electron chi connectivity index (χ4n) is 4.68. The lowest BCUT2D eigenvalue weighted by Crippen LogP contribution is -2.25. The van der Waals surface area contributed by atoms with Crippen LogP contribution in [0.1, 0.15) is 136 Å². The summed E-state index contributed by atoms with van der Waals surface area (Å²) in [5, 5.41) is 9.95. The number of epoxide rings is 1. The third-order valence-corrected chi connectivity index (χ3v) is 7.43. The molecule has 0 radical (unpaired) electrons. The number of esters is 2. The van der Waals surface area contributed by atoms with Crippen molar-refractivity contribution >= 4 is 11.9 Å². The lowest BCUT2D eigenvalue weighted by Gasteiger charge is -2.12. The van der Waals surface area contributed by atoms with E-state index >= 15 is 0 Å². The highest BCUT2D eigenvalue weighted by Gasteiger charge is 2.35. The molecule has 1 aliphatic heterocycles. The largest absolute Gasteiger partial charge is 0.463 e. The molecule has 1 saturated heterocycles. The van der Waals surface area contributed by atoms with Crippen LogP contribution in [0.3, 0.4) is 0 Å². The van der Waals surface area contributed by atoms with E-state index < -0.39 is 6.10 Å². The Kier molecular flexibility index (Phi) is 26.3. The van der Waals surface area contributed by atoms with Crippen molar-refractivity contribution in [3.8, 4) is 0 Å². The molecule has 6 nitrogen and oxygen atoms in total. The standard InChI is InChI=1S/C38H62O6/c1-3-5-7-8-9-10-16-19-22-26-30-37(40)42-32-34(39)33-43-38(41)31-27-23-20-17-14-12-11-13-15-18-21-25-29-36-35(44-36)28-24-6-4-2/h6,12-15,20-21,23-25,34-36,39H,3-5,7-11,16-19,22,26-33H2,1-2H3/b14-12-,15-13-,23-20-,24-6-,25-21-/t34-,35?,36?/m0/s1. The van der Waals surface area contributed by atoms with Crippen molar-refractivity contribution in [2.45, 2.75) is 154 Å². The molecule has 250 valence electrons. The molecule has 1 aliphatic rings. The van der Waals surface area contributed by atoms with Crippen molar-refractivity contribution in [1.82, 2.24) is 0 Å². The highest BCUT2D eigenvalue weighted by atomic mass is 16.6. The molecule has 3 atom stereocenters. The molecule has 0 saturated carbocycles. The predicted molar refractivity (Wildman–Crippen MR) is 181 cm³/mol. The van der Waals surface area contributed by atoms with Gasteiger partial charge < -0.3 is 19.3 Å². The van der Waals surface area contributed by atoms with Gasteiger partial charge >= 0.3 is 11.9 Å². The van der Waals surface area contributed by atoms with Crippen LogP contribution in [0.4, 0.5) is 0 Å². The zero-order valence-corrected chi connectivity index (χ0v) is 27.8. The number of ether oxygens (including phenoxy) is 3. The average molecular weight is 615 g/mol. The maximum atomic E-state index is 11.9. The van der Waals surface area contributed by atoms with Crippen molar-refractivity contribution in [3.63, 3.8) is 0 Å². The molecule has 44 heavy (non-hydrogen) atoms. The van der Waals surface area contributed by atoms with E-state index in [2.05, 4.69) is 62.5 Å². The molecule has 0 amide bonds. The van der Waals surface area contributed by atoms with Gasteiger partial charge in [0.15, 0.2) is 0 Å². The van der Waals surface area contributed by atoms with Gasteiger partial charge in [0.2, 0.25) is 0 Å². The first-order valence-corrected chi connectivity index (χ1v) is 17.5. The summed E-state index contributed by atoms with van der Waals surface area (Å²) in [5.41, 5.74) is 0. The second kappa shape index (κ2) is 29.3. The number of unbranched alkanes of at least 4 members (excludes halogenated alkanes) is 9. The Bertz CT molecular complexity index is 855. The van der Waals surface area contributed by atoms with Gasteiger partial charge in [-0.15, -0.1) is 0 Å². The molecule has 2 unspecified atom stereocenters. The smallest absolute Gasteiger partial charge is 0.306 e. The number of hydrogen-bond donors (Lipinski definition) is 1. The van der Waals surface area contributed by atoms with Gasteiger partial charge in [-0.2, -0.15) is 0 Å². The van der Waals surface area contributed by atoms with Crippen molar-refractivity contribution < 1.29 is 28.9 Å². The van der Waals surface area contributed by atoms with E-state index in [1.807, 2.05) is 12.2 Å². The van der Waals surface area contributed by atoms with Crippen LogP contribution in [0.15, 0.2) is 60.8 Å². The Morgan fingerprint density at radius 1 is 0.614 bits per heavy atom. The van der Waals surface area contributed by atoms with E-state index in [1.165, 1.54) is 44.9 Å². The van der Waals surface area contributed by atoms with E-state index in [0.717, 1.165) is 57.8 Å². The second-order valence-electron chi connectivity index (χ2n) is 11.6. The molecule has 1 N–H and O–H groups in total. The summed E-state index contributed by atoms with van der Waals surface area (Å²) in [7, 11) is 0. The summed E-state index contributed by atoms with van der Waals surface area (Å²) in [5.74, 6) is -0.671. The highest BCUT2D eigenvalue weighted by molar-refractivity contribution is 5.70. The van der Waals surface area contributed by atoms with Crippen LogP contribution in [0.25, 0.3) is 0 Å². The molecule has 0 aliphatic carbocycles. The van der Waals surface area contributed by atoms with Gasteiger partial charge in [-0.25, -0.2) is 0 Å². The average Bonchev–Trinajstić information content (AvgIpc) is 3.77. The van der Waals surface area contributed by atoms with Crippen molar-refractivity contribution in [1.29, 1.82) is 0 Å². The Morgan fingerprint density at radius 2 is 1.07 bits per heavy atom. The van der Waals surface area contributed by atoms with Crippen molar-refractivity contribution in [2.75, 3.05) is 13.2 Å². The van der Waals surface area contributed by atoms with Crippen LogP contribution in [0.2, 0.25) is 0 Å². The number of aliphatic hydroxyl groups is 1. The van der Waals surface area contributed by atoms with E-state index in [9.17, 15) is 14.7 Å². The Hall–Kier alpha value is -2.44. The topological polar surface area (TPSA) is 85.4 Å². The zero-order chi connectivity index (χ0) is 31.9. The first kappa shape index (κ1) is 39.6. The first-order valence-electron chi connectivity index (χ1n) is 17.5. The molecule has 0 aromatic carbocycles. The Morgan fingerprint density at radius 3 is 1.61 bits per heavy atom. The minimum Gasteiger partial charge on any atom is -0.463 e. The molecule has 0 bridgehead atoms. The summed E-state index contributed by atoms with van der Waals surface area (Å²) in [6, 6.07) is 0. The maximum absolute atomic E-state index is 11.9. The van der Waals surface area contributed by atoms with Crippen LogP contribution in [0, 0.1) is 0 Å². The van der Waals surface area contributed by atoms with Gasteiger partial charge in [-0.1, -0.05) is 132 Å². The highest BCUT2D eigenvalue weighted by Crippen LogP contribution is 2.29. The summed E-state index contributed by atoms with van der Waals surface area (Å²) < 4.78 is 15.9. The van der Waals surface area contributed by atoms with Gasteiger partial charge in [0.05, 0.1) is 12.2 Å². The Labute approximate surface area is 268 Å². The number of rotatable bonds is 29. The second-order valence-corrected chi connectivity index (χ2v) is 11.6. The van der Waals surface area contributed by atoms with E-state index in [0.29, 0.717) is 25.0 Å². The van der Waals surface area contributed by atoms with Crippen LogP contribution in [-0.4, -0.2) is 48.6 Å². The quantitative estimate of drug-likeness (QED) is 0.0391. The molecule has 1 heterocycles. The SMILES string of the molecule is CC/C=C\CC1OC1C/C=C\C/C=C\C/C=C\C/C=C\CCC(=O)OC[C@@H](O)COC(=O)CCCCCCCCCCCC. The third kappa shape index (κ3) is 26.0. The Balaban J connectivity index is 1.91. The van der Waals surface area contributed by atoms with E-state index in [-0.39, 0.29) is 31.6 Å². The molecule has 1 fully saturated rings. The summed E-state index contributed by atoms with van der Waals surface area (Å²) in [4.78, 5) is 23.8. The van der Waals surface area contributed by atoms with Gasteiger partial charge in [0.25, 0.3) is 0 Å². The first-order chi connectivity index (χ1) is 21.6. The summed E-state index contributed by atoms with van der Waals surface area (Å²) in [6.07, 6.45) is 40.3. The molecular weight excluding hydrogens is 552 g/mol. The van der Waals surface area contributed by atoms with Crippen LogP contribution >= 0.6 is 0 Å². The molecule has 0 aromatic heterocycles. The van der Waals surface area contributed by atoms with Crippen molar-refractivity contribution in [2.24, 2.45) is 0 Å². The van der Waals surface area contributed by atoms with Crippen LogP contribution < -0.4 is 0 Å².